The number of anilines is 1. The van der Waals surface area contributed by atoms with Crippen molar-refractivity contribution in [3.05, 3.63) is 65.7 Å². The predicted molar refractivity (Wildman–Crippen MR) is 95.4 cm³/mol. The highest BCUT2D eigenvalue weighted by molar-refractivity contribution is 5.93. The van der Waals surface area contributed by atoms with E-state index in [2.05, 4.69) is 30.0 Å². The fourth-order valence-electron chi connectivity index (χ4n) is 2.42. The highest BCUT2D eigenvalue weighted by Gasteiger charge is 2.17. The highest BCUT2D eigenvalue weighted by atomic mass is 16.2. The second-order valence-corrected chi connectivity index (χ2v) is 5.99. The van der Waals surface area contributed by atoms with Gasteiger partial charge in [-0.1, -0.05) is 44.2 Å². The first-order valence-electron chi connectivity index (χ1n) is 7.96. The molecule has 5 heteroatoms. The molecule has 2 amide bonds. The molecule has 0 saturated heterocycles. The maximum Gasteiger partial charge on any atom is 0.265 e. The number of benzene rings is 2. The molecule has 0 saturated carbocycles. The lowest BCUT2D eigenvalue weighted by Crippen LogP contribution is -2.41. The minimum absolute atomic E-state index is 0.0379. The monoisotopic (exact) mass is 325 g/mol. The van der Waals surface area contributed by atoms with Gasteiger partial charge >= 0.3 is 0 Å². The second kappa shape index (κ2) is 8.26. The third-order valence-electron chi connectivity index (χ3n) is 3.63. The zero-order chi connectivity index (χ0) is 17.5. The van der Waals surface area contributed by atoms with E-state index in [9.17, 15) is 9.59 Å². The third kappa shape index (κ3) is 4.93. The van der Waals surface area contributed by atoms with E-state index in [-0.39, 0.29) is 23.8 Å². The summed E-state index contributed by atoms with van der Waals surface area (Å²) in [4.78, 5) is 23.2. The fraction of sp³-hybridized carbons (Fsp3) is 0.263. The summed E-state index contributed by atoms with van der Waals surface area (Å²) in [6, 6.07) is 16.6. The highest BCUT2D eigenvalue weighted by Crippen LogP contribution is 2.22. The van der Waals surface area contributed by atoms with E-state index in [0.717, 1.165) is 11.3 Å². The van der Waals surface area contributed by atoms with Gasteiger partial charge in [0.25, 0.3) is 5.91 Å². The van der Waals surface area contributed by atoms with Crippen LogP contribution in [0.5, 0.6) is 0 Å². The molecule has 0 radical (unpaired) electrons. The summed E-state index contributed by atoms with van der Waals surface area (Å²) in [5.41, 5.74) is 8.27. The SMILES string of the molecule is CC(=O)Nc1ccc([C@@H](NNC(=O)c2ccccc2)C(C)C)cc1. The first-order chi connectivity index (χ1) is 11.5. The van der Waals surface area contributed by atoms with Crippen molar-refractivity contribution in [1.29, 1.82) is 0 Å². The summed E-state index contributed by atoms with van der Waals surface area (Å²) in [7, 11) is 0. The summed E-state index contributed by atoms with van der Waals surface area (Å²) in [6.07, 6.45) is 0. The van der Waals surface area contributed by atoms with Gasteiger partial charge in [0, 0.05) is 18.2 Å². The molecular formula is C19H23N3O2. The minimum atomic E-state index is -0.170. The third-order valence-corrected chi connectivity index (χ3v) is 3.63. The number of hydrogen-bond acceptors (Lipinski definition) is 3. The van der Waals surface area contributed by atoms with Gasteiger partial charge in [-0.2, -0.15) is 0 Å². The molecule has 0 aromatic heterocycles. The average Bonchev–Trinajstić information content (AvgIpc) is 2.56. The van der Waals surface area contributed by atoms with Gasteiger partial charge in [0.2, 0.25) is 5.91 Å². The van der Waals surface area contributed by atoms with Crippen LogP contribution in [0.3, 0.4) is 0 Å². The molecule has 0 heterocycles. The van der Waals surface area contributed by atoms with Crippen LogP contribution in [0.2, 0.25) is 0 Å². The van der Waals surface area contributed by atoms with Gasteiger partial charge in [-0.05, 0) is 35.7 Å². The number of carbonyl (C=O) groups excluding carboxylic acids is 2. The van der Waals surface area contributed by atoms with Crippen molar-refractivity contribution in [2.45, 2.75) is 26.8 Å². The van der Waals surface area contributed by atoms with Crippen molar-refractivity contribution in [3.63, 3.8) is 0 Å². The standard InChI is InChI=1S/C19H23N3O2/c1-13(2)18(15-9-11-17(12-10-15)20-14(3)23)21-22-19(24)16-7-5-4-6-8-16/h4-13,18,21H,1-3H3,(H,20,23)(H,22,24)/t18-/m0/s1. The quantitative estimate of drug-likeness (QED) is 0.714. The molecule has 2 aromatic rings. The van der Waals surface area contributed by atoms with Gasteiger partial charge in [0.15, 0.2) is 0 Å². The molecule has 0 aliphatic heterocycles. The van der Waals surface area contributed by atoms with Crippen LogP contribution >= 0.6 is 0 Å². The molecule has 0 aliphatic carbocycles. The summed E-state index contributed by atoms with van der Waals surface area (Å²) in [5.74, 6) is 0.000199. The number of hydrogen-bond donors (Lipinski definition) is 3. The normalized spacial score (nSPS) is 11.8. The van der Waals surface area contributed by atoms with Gasteiger partial charge in [-0.15, -0.1) is 0 Å². The van der Waals surface area contributed by atoms with E-state index in [0.29, 0.717) is 5.56 Å². The van der Waals surface area contributed by atoms with Gasteiger partial charge in [0.05, 0.1) is 6.04 Å². The van der Waals surface area contributed by atoms with Crippen molar-refractivity contribution in [2.75, 3.05) is 5.32 Å². The molecule has 0 fully saturated rings. The van der Waals surface area contributed by atoms with Crippen LogP contribution in [0.15, 0.2) is 54.6 Å². The van der Waals surface area contributed by atoms with Gasteiger partial charge in [-0.3, -0.25) is 15.0 Å². The van der Waals surface area contributed by atoms with Gasteiger partial charge in [0.1, 0.15) is 0 Å². The lowest BCUT2D eigenvalue weighted by atomic mass is 9.96. The molecule has 1 atom stereocenters. The van der Waals surface area contributed by atoms with E-state index >= 15 is 0 Å². The average molecular weight is 325 g/mol. The van der Waals surface area contributed by atoms with Crippen LogP contribution < -0.4 is 16.2 Å². The second-order valence-electron chi connectivity index (χ2n) is 5.99. The Labute approximate surface area is 142 Å². The van der Waals surface area contributed by atoms with E-state index in [4.69, 9.17) is 0 Å². The Morgan fingerprint density at radius 2 is 1.54 bits per heavy atom. The molecule has 0 bridgehead atoms. The Kier molecular flexibility index (Phi) is 6.09. The molecule has 126 valence electrons. The summed E-state index contributed by atoms with van der Waals surface area (Å²) < 4.78 is 0. The maximum absolute atomic E-state index is 12.2. The van der Waals surface area contributed by atoms with Crippen molar-refractivity contribution in [2.24, 2.45) is 5.92 Å². The minimum Gasteiger partial charge on any atom is -0.326 e. The summed E-state index contributed by atoms with van der Waals surface area (Å²) in [6.45, 7) is 5.63. The number of amides is 2. The Hall–Kier alpha value is -2.66. The molecule has 24 heavy (non-hydrogen) atoms. The topological polar surface area (TPSA) is 70.2 Å². The molecule has 3 N–H and O–H groups in total. The van der Waals surface area contributed by atoms with E-state index in [1.54, 1.807) is 12.1 Å². The largest absolute Gasteiger partial charge is 0.326 e. The molecule has 2 aromatic carbocycles. The lowest BCUT2D eigenvalue weighted by molar-refractivity contribution is -0.114. The number of hydrazine groups is 1. The lowest BCUT2D eigenvalue weighted by Gasteiger charge is -2.23. The van der Waals surface area contributed by atoms with Gasteiger partial charge in [-0.25, -0.2) is 5.43 Å². The van der Waals surface area contributed by atoms with E-state index < -0.39 is 0 Å². The van der Waals surface area contributed by atoms with Crippen molar-refractivity contribution in [3.8, 4) is 0 Å². The molecular weight excluding hydrogens is 302 g/mol. The first kappa shape index (κ1) is 17.7. The Balaban J connectivity index is 2.04. The molecule has 0 unspecified atom stereocenters. The maximum atomic E-state index is 12.2. The first-order valence-corrected chi connectivity index (χ1v) is 7.96. The Morgan fingerprint density at radius 1 is 0.917 bits per heavy atom. The zero-order valence-electron chi connectivity index (χ0n) is 14.2. The molecule has 0 spiro atoms. The van der Waals surface area contributed by atoms with Crippen LogP contribution in [0.25, 0.3) is 0 Å². The van der Waals surface area contributed by atoms with Crippen LogP contribution in [0.4, 0.5) is 5.69 Å². The molecule has 5 nitrogen and oxygen atoms in total. The van der Waals surface area contributed by atoms with Crippen LogP contribution in [0.1, 0.15) is 42.7 Å². The summed E-state index contributed by atoms with van der Waals surface area (Å²) in [5, 5.41) is 2.74. The number of nitrogens with one attached hydrogen (secondary N) is 3. The van der Waals surface area contributed by atoms with E-state index in [1.165, 1.54) is 6.92 Å². The zero-order valence-corrected chi connectivity index (χ0v) is 14.2. The Bertz CT molecular complexity index is 682. The van der Waals surface area contributed by atoms with E-state index in [1.807, 2.05) is 42.5 Å². The van der Waals surface area contributed by atoms with Gasteiger partial charge < -0.3 is 5.32 Å². The van der Waals surface area contributed by atoms with Crippen molar-refractivity contribution < 1.29 is 9.59 Å². The van der Waals surface area contributed by atoms with Crippen LogP contribution in [-0.4, -0.2) is 11.8 Å². The smallest absolute Gasteiger partial charge is 0.265 e. The Morgan fingerprint density at radius 3 is 2.08 bits per heavy atom. The van der Waals surface area contributed by atoms with Crippen molar-refractivity contribution >= 4 is 17.5 Å². The fourth-order valence-corrected chi connectivity index (χ4v) is 2.42. The van der Waals surface area contributed by atoms with Crippen LogP contribution in [0, 0.1) is 5.92 Å². The van der Waals surface area contributed by atoms with Crippen LogP contribution in [-0.2, 0) is 4.79 Å². The number of rotatable bonds is 6. The van der Waals surface area contributed by atoms with Crippen molar-refractivity contribution in [1.82, 2.24) is 10.9 Å². The number of carbonyl (C=O) groups is 2. The predicted octanol–water partition coefficient (Wildman–Crippen LogP) is 3.28. The summed E-state index contributed by atoms with van der Waals surface area (Å²) >= 11 is 0. The molecule has 0 aliphatic rings. The molecule has 2 rings (SSSR count).